The summed E-state index contributed by atoms with van der Waals surface area (Å²) < 4.78 is 5.61. The van der Waals surface area contributed by atoms with Crippen LogP contribution in [0.5, 0.6) is 11.5 Å². The Labute approximate surface area is 133 Å². The SMILES string of the molecule is N#C/C(=C/c1ccc(OCCc2ccc(O)cc2)cc1)C(=O)O. The summed E-state index contributed by atoms with van der Waals surface area (Å²) in [5.74, 6) is -0.354. The van der Waals surface area contributed by atoms with Crippen molar-refractivity contribution in [2.45, 2.75) is 6.42 Å². The number of nitrogens with zero attached hydrogens (tertiary/aromatic N) is 1. The molecule has 116 valence electrons. The van der Waals surface area contributed by atoms with E-state index in [9.17, 15) is 9.90 Å². The van der Waals surface area contributed by atoms with Crippen molar-refractivity contribution in [1.82, 2.24) is 0 Å². The molecule has 0 atom stereocenters. The van der Waals surface area contributed by atoms with Gasteiger partial charge in [0.1, 0.15) is 23.1 Å². The highest BCUT2D eigenvalue weighted by atomic mass is 16.5. The Bertz CT molecular complexity index is 740. The smallest absolute Gasteiger partial charge is 0.346 e. The number of benzene rings is 2. The monoisotopic (exact) mass is 309 g/mol. The van der Waals surface area contributed by atoms with Gasteiger partial charge in [-0.05, 0) is 41.5 Å². The van der Waals surface area contributed by atoms with Crippen LogP contribution in [0.25, 0.3) is 6.08 Å². The molecule has 0 saturated carbocycles. The lowest BCUT2D eigenvalue weighted by Gasteiger charge is -2.06. The van der Waals surface area contributed by atoms with E-state index in [4.69, 9.17) is 15.1 Å². The van der Waals surface area contributed by atoms with E-state index in [-0.39, 0.29) is 11.3 Å². The van der Waals surface area contributed by atoms with Crippen molar-refractivity contribution in [2.75, 3.05) is 6.61 Å². The first-order chi connectivity index (χ1) is 11.1. The Morgan fingerprint density at radius 3 is 2.35 bits per heavy atom. The van der Waals surface area contributed by atoms with E-state index in [1.807, 2.05) is 12.1 Å². The van der Waals surface area contributed by atoms with Crippen molar-refractivity contribution in [1.29, 1.82) is 5.26 Å². The molecule has 0 spiro atoms. The van der Waals surface area contributed by atoms with Crippen LogP contribution < -0.4 is 4.74 Å². The molecular formula is C18H15NO4. The van der Waals surface area contributed by atoms with E-state index in [0.29, 0.717) is 24.3 Å². The number of carboxylic acids is 1. The largest absolute Gasteiger partial charge is 0.508 e. The molecule has 0 bridgehead atoms. The lowest BCUT2D eigenvalue weighted by atomic mass is 10.1. The average Bonchev–Trinajstić information content (AvgIpc) is 2.55. The Morgan fingerprint density at radius 2 is 1.78 bits per heavy atom. The predicted molar refractivity (Wildman–Crippen MR) is 85.0 cm³/mol. The Morgan fingerprint density at radius 1 is 1.13 bits per heavy atom. The lowest BCUT2D eigenvalue weighted by Crippen LogP contribution is -2.01. The summed E-state index contributed by atoms with van der Waals surface area (Å²) in [7, 11) is 0. The van der Waals surface area contributed by atoms with Crippen molar-refractivity contribution in [2.24, 2.45) is 0 Å². The van der Waals surface area contributed by atoms with Gasteiger partial charge in [-0.2, -0.15) is 5.26 Å². The van der Waals surface area contributed by atoms with Crippen LogP contribution >= 0.6 is 0 Å². The molecule has 0 radical (unpaired) electrons. The fourth-order valence-corrected chi connectivity index (χ4v) is 1.92. The fourth-order valence-electron chi connectivity index (χ4n) is 1.92. The zero-order valence-corrected chi connectivity index (χ0v) is 12.3. The van der Waals surface area contributed by atoms with Gasteiger partial charge in [0.25, 0.3) is 0 Å². The summed E-state index contributed by atoms with van der Waals surface area (Å²) in [6.45, 7) is 0.485. The number of hydrogen-bond acceptors (Lipinski definition) is 4. The van der Waals surface area contributed by atoms with Crippen LogP contribution in [-0.4, -0.2) is 22.8 Å². The van der Waals surface area contributed by atoms with Gasteiger partial charge in [-0.1, -0.05) is 24.3 Å². The van der Waals surface area contributed by atoms with Gasteiger partial charge in [0.15, 0.2) is 0 Å². The first-order valence-electron chi connectivity index (χ1n) is 6.94. The number of ether oxygens (including phenoxy) is 1. The molecule has 0 aliphatic heterocycles. The molecule has 0 fully saturated rings. The van der Waals surface area contributed by atoms with Gasteiger partial charge >= 0.3 is 5.97 Å². The summed E-state index contributed by atoms with van der Waals surface area (Å²) in [6.07, 6.45) is 2.02. The number of rotatable bonds is 6. The van der Waals surface area contributed by atoms with Crippen LogP contribution in [-0.2, 0) is 11.2 Å². The first kappa shape index (κ1) is 16.1. The van der Waals surface area contributed by atoms with Gasteiger partial charge < -0.3 is 14.9 Å². The average molecular weight is 309 g/mol. The van der Waals surface area contributed by atoms with Gasteiger partial charge in [0, 0.05) is 6.42 Å². The minimum atomic E-state index is -1.25. The Balaban J connectivity index is 1.91. The van der Waals surface area contributed by atoms with E-state index < -0.39 is 5.97 Å². The second kappa shape index (κ2) is 7.66. The summed E-state index contributed by atoms with van der Waals surface area (Å²) in [5.41, 5.74) is 1.36. The molecule has 0 heterocycles. The number of carboxylic acid groups (broad SMARTS) is 1. The summed E-state index contributed by atoms with van der Waals surface area (Å²) >= 11 is 0. The molecule has 2 aromatic carbocycles. The Hall–Kier alpha value is -3.26. The van der Waals surface area contributed by atoms with Crippen molar-refractivity contribution >= 4 is 12.0 Å². The number of aromatic hydroxyl groups is 1. The first-order valence-corrected chi connectivity index (χ1v) is 6.94. The van der Waals surface area contributed by atoms with Gasteiger partial charge in [-0.3, -0.25) is 0 Å². The topological polar surface area (TPSA) is 90.5 Å². The highest BCUT2D eigenvalue weighted by Crippen LogP contribution is 2.16. The lowest BCUT2D eigenvalue weighted by molar-refractivity contribution is -0.132. The normalized spacial score (nSPS) is 10.8. The van der Waals surface area contributed by atoms with E-state index in [1.165, 1.54) is 6.08 Å². The van der Waals surface area contributed by atoms with Crippen molar-refractivity contribution in [3.8, 4) is 17.6 Å². The molecule has 5 heteroatoms. The van der Waals surface area contributed by atoms with E-state index in [1.54, 1.807) is 42.5 Å². The Kier molecular flexibility index (Phi) is 5.37. The van der Waals surface area contributed by atoms with Crippen molar-refractivity contribution < 1.29 is 19.7 Å². The molecule has 5 nitrogen and oxygen atoms in total. The molecule has 2 rings (SSSR count). The molecule has 2 N–H and O–H groups in total. The number of nitriles is 1. The van der Waals surface area contributed by atoms with E-state index in [0.717, 1.165) is 5.56 Å². The minimum Gasteiger partial charge on any atom is -0.508 e. The number of carbonyl (C=O) groups is 1. The highest BCUT2D eigenvalue weighted by molar-refractivity contribution is 5.96. The third kappa shape index (κ3) is 4.90. The zero-order valence-electron chi connectivity index (χ0n) is 12.3. The minimum absolute atomic E-state index is 0.233. The number of phenols is 1. The quantitative estimate of drug-likeness (QED) is 0.632. The summed E-state index contributed by atoms with van der Waals surface area (Å²) in [4.78, 5) is 10.8. The van der Waals surface area contributed by atoms with Gasteiger partial charge in [-0.25, -0.2) is 4.79 Å². The van der Waals surface area contributed by atoms with Crippen LogP contribution in [0.2, 0.25) is 0 Å². The zero-order chi connectivity index (χ0) is 16.7. The van der Waals surface area contributed by atoms with Gasteiger partial charge in [-0.15, -0.1) is 0 Å². The van der Waals surface area contributed by atoms with Crippen LogP contribution in [0.15, 0.2) is 54.1 Å². The fraction of sp³-hybridized carbons (Fsp3) is 0.111. The maximum absolute atomic E-state index is 10.8. The third-order valence-corrected chi connectivity index (χ3v) is 3.14. The third-order valence-electron chi connectivity index (χ3n) is 3.14. The number of hydrogen-bond donors (Lipinski definition) is 2. The van der Waals surface area contributed by atoms with Crippen molar-refractivity contribution in [3.63, 3.8) is 0 Å². The molecule has 0 aliphatic carbocycles. The number of phenolic OH excluding ortho intramolecular Hbond substituents is 1. The molecule has 0 unspecified atom stereocenters. The molecule has 0 aromatic heterocycles. The molecule has 0 saturated heterocycles. The summed E-state index contributed by atoms with van der Waals surface area (Å²) in [6, 6.07) is 15.4. The van der Waals surface area contributed by atoms with Crippen LogP contribution in [0.4, 0.5) is 0 Å². The van der Waals surface area contributed by atoms with Gasteiger partial charge in [0.05, 0.1) is 6.61 Å². The number of aliphatic carboxylic acids is 1. The van der Waals surface area contributed by atoms with Crippen LogP contribution in [0.1, 0.15) is 11.1 Å². The molecular weight excluding hydrogens is 294 g/mol. The predicted octanol–water partition coefficient (Wildman–Crippen LogP) is 3.01. The molecule has 23 heavy (non-hydrogen) atoms. The second-order valence-electron chi connectivity index (χ2n) is 4.81. The van der Waals surface area contributed by atoms with Gasteiger partial charge in [0.2, 0.25) is 0 Å². The molecule has 0 amide bonds. The van der Waals surface area contributed by atoms with Crippen molar-refractivity contribution in [3.05, 3.63) is 65.2 Å². The maximum atomic E-state index is 10.8. The van der Waals surface area contributed by atoms with E-state index in [2.05, 4.69) is 0 Å². The standard InChI is InChI=1S/C18H15NO4/c19-12-15(18(21)22)11-14-3-7-17(8-4-14)23-10-9-13-1-5-16(20)6-2-13/h1-8,11,20H,9-10H2,(H,21,22)/b15-11-. The second-order valence-corrected chi connectivity index (χ2v) is 4.81. The maximum Gasteiger partial charge on any atom is 0.346 e. The molecule has 2 aromatic rings. The summed E-state index contributed by atoms with van der Waals surface area (Å²) in [5, 5.41) is 26.7. The van der Waals surface area contributed by atoms with Crippen LogP contribution in [0.3, 0.4) is 0 Å². The van der Waals surface area contributed by atoms with E-state index >= 15 is 0 Å². The highest BCUT2D eigenvalue weighted by Gasteiger charge is 2.05. The molecule has 0 aliphatic rings. The van der Waals surface area contributed by atoms with Crippen LogP contribution in [0, 0.1) is 11.3 Å².